The van der Waals surface area contributed by atoms with Crippen LogP contribution in [0.5, 0.6) is 0 Å². The summed E-state index contributed by atoms with van der Waals surface area (Å²) in [6.45, 7) is 1.65. The van der Waals surface area contributed by atoms with E-state index in [1.54, 1.807) is 0 Å². The Bertz CT molecular complexity index is 763. The van der Waals surface area contributed by atoms with Gasteiger partial charge in [-0.3, -0.25) is 9.59 Å². The second-order valence-electron chi connectivity index (χ2n) is 6.96. The van der Waals surface area contributed by atoms with Crippen molar-refractivity contribution in [1.82, 2.24) is 14.8 Å². The number of hydrogen-bond donors (Lipinski definition) is 1. The lowest BCUT2D eigenvalue weighted by Gasteiger charge is -2.32. The minimum Gasteiger partial charge on any atom is -0.353 e. The van der Waals surface area contributed by atoms with E-state index >= 15 is 0 Å². The molecule has 1 aromatic carbocycles. The van der Waals surface area contributed by atoms with Gasteiger partial charge >= 0.3 is 0 Å². The van der Waals surface area contributed by atoms with E-state index in [0.29, 0.717) is 19.1 Å². The van der Waals surface area contributed by atoms with E-state index in [1.165, 1.54) is 0 Å². The molecule has 126 valence electrons. The van der Waals surface area contributed by atoms with Crippen molar-refractivity contribution >= 4 is 22.7 Å². The number of aromatic nitrogens is 1. The number of carbonyl (C=O) groups excluding carboxylic acids is 2. The third kappa shape index (κ3) is 3.16. The maximum Gasteiger partial charge on any atom is 0.242 e. The van der Waals surface area contributed by atoms with Crippen molar-refractivity contribution in [3.8, 4) is 0 Å². The van der Waals surface area contributed by atoms with Crippen LogP contribution in [0.1, 0.15) is 25.7 Å². The molecule has 2 fully saturated rings. The topological polar surface area (TPSA) is 54.3 Å². The van der Waals surface area contributed by atoms with E-state index in [9.17, 15) is 9.59 Å². The van der Waals surface area contributed by atoms with Crippen molar-refractivity contribution in [2.45, 2.75) is 38.3 Å². The van der Waals surface area contributed by atoms with E-state index in [0.717, 1.165) is 43.1 Å². The molecule has 24 heavy (non-hydrogen) atoms. The number of nitrogens with one attached hydrogen (secondary N) is 1. The molecule has 1 aromatic heterocycles. The summed E-state index contributed by atoms with van der Waals surface area (Å²) in [5, 5.41) is 4.21. The van der Waals surface area contributed by atoms with Crippen LogP contribution in [0.3, 0.4) is 0 Å². The van der Waals surface area contributed by atoms with Crippen LogP contribution in [0.2, 0.25) is 0 Å². The van der Waals surface area contributed by atoms with Gasteiger partial charge < -0.3 is 14.8 Å². The number of para-hydroxylation sites is 1. The van der Waals surface area contributed by atoms with Crippen molar-refractivity contribution < 1.29 is 9.59 Å². The summed E-state index contributed by atoms with van der Waals surface area (Å²) in [6.07, 6.45) is 5.95. The predicted octanol–water partition coefficient (Wildman–Crippen LogP) is 2.16. The molecule has 0 spiro atoms. The molecule has 1 aliphatic carbocycles. The molecule has 1 saturated carbocycles. The fraction of sp³-hybridized carbons (Fsp3) is 0.474. The molecule has 1 saturated heterocycles. The van der Waals surface area contributed by atoms with E-state index in [-0.39, 0.29) is 17.7 Å². The molecule has 5 nitrogen and oxygen atoms in total. The van der Waals surface area contributed by atoms with E-state index in [4.69, 9.17) is 0 Å². The monoisotopic (exact) mass is 325 g/mol. The normalized spacial score (nSPS) is 21.0. The quantitative estimate of drug-likeness (QED) is 0.936. The van der Waals surface area contributed by atoms with Crippen molar-refractivity contribution in [3.63, 3.8) is 0 Å². The largest absolute Gasteiger partial charge is 0.353 e. The average molecular weight is 325 g/mol. The lowest BCUT2D eigenvalue weighted by Crippen LogP contribution is -2.46. The van der Waals surface area contributed by atoms with E-state index < -0.39 is 0 Å². The Morgan fingerprint density at radius 1 is 1.12 bits per heavy atom. The summed E-state index contributed by atoms with van der Waals surface area (Å²) in [6, 6.07) is 10.5. The first kappa shape index (κ1) is 15.2. The molecule has 4 rings (SSSR count). The standard InChI is InChI=1S/C19H23N3O2/c23-18(13-21-11-9-14-4-1-2-6-17(14)21)22-10-3-5-15(12-22)19(24)20-16-7-8-16/h1-2,4,6,9,11,15-16H,3,5,7-8,10,12-13H2,(H,20,24)/t15-/m1/s1. The SMILES string of the molecule is O=C(NC1CC1)[C@@H]1CCCN(C(=O)Cn2ccc3ccccc32)C1. The minimum atomic E-state index is -0.0512. The minimum absolute atomic E-state index is 0.0512. The highest BCUT2D eigenvalue weighted by atomic mass is 16.2. The number of rotatable bonds is 4. The Labute approximate surface area is 141 Å². The Hall–Kier alpha value is -2.30. The van der Waals surface area contributed by atoms with Gasteiger partial charge in [0.1, 0.15) is 6.54 Å². The Morgan fingerprint density at radius 3 is 2.79 bits per heavy atom. The van der Waals surface area contributed by atoms with Gasteiger partial charge in [-0.25, -0.2) is 0 Å². The number of piperidine rings is 1. The third-order valence-electron chi connectivity index (χ3n) is 5.05. The fourth-order valence-corrected chi connectivity index (χ4v) is 3.49. The van der Waals surface area contributed by atoms with Crippen LogP contribution in [0.25, 0.3) is 10.9 Å². The zero-order valence-electron chi connectivity index (χ0n) is 13.8. The zero-order chi connectivity index (χ0) is 16.5. The van der Waals surface area contributed by atoms with Crippen LogP contribution in [0.4, 0.5) is 0 Å². The number of benzene rings is 1. The first-order chi connectivity index (χ1) is 11.7. The Kier molecular flexibility index (Phi) is 4.00. The molecular formula is C19H23N3O2. The predicted molar refractivity (Wildman–Crippen MR) is 92.4 cm³/mol. The van der Waals surface area contributed by atoms with Crippen LogP contribution in [-0.2, 0) is 16.1 Å². The number of likely N-dealkylation sites (tertiary alicyclic amines) is 1. The zero-order valence-corrected chi connectivity index (χ0v) is 13.8. The molecule has 2 aliphatic rings. The summed E-state index contributed by atoms with van der Waals surface area (Å²) < 4.78 is 1.99. The highest BCUT2D eigenvalue weighted by molar-refractivity contribution is 5.84. The Morgan fingerprint density at radius 2 is 1.96 bits per heavy atom. The lowest BCUT2D eigenvalue weighted by atomic mass is 9.97. The number of carbonyl (C=O) groups is 2. The molecule has 0 radical (unpaired) electrons. The molecular weight excluding hydrogens is 302 g/mol. The molecule has 1 N–H and O–H groups in total. The molecule has 0 unspecified atom stereocenters. The molecule has 1 atom stereocenters. The summed E-state index contributed by atoms with van der Waals surface area (Å²) in [7, 11) is 0. The van der Waals surface area contributed by atoms with E-state index in [2.05, 4.69) is 11.4 Å². The lowest BCUT2D eigenvalue weighted by molar-refractivity contribution is -0.136. The second-order valence-corrected chi connectivity index (χ2v) is 6.96. The number of fused-ring (bicyclic) bond motifs is 1. The summed E-state index contributed by atoms with van der Waals surface area (Å²) >= 11 is 0. The molecule has 2 heterocycles. The van der Waals surface area contributed by atoms with Gasteiger partial charge in [-0.15, -0.1) is 0 Å². The highest BCUT2D eigenvalue weighted by Crippen LogP contribution is 2.23. The van der Waals surface area contributed by atoms with Gasteiger partial charge in [0.05, 0.1) is 5.92 Å². The summed E-state index contributed by atoms with van der Waals surface area (Å²) in [5.41, 5.74) is 1.07. The van der Waals surface area contributed by atoms with Crippen molar-refractivity contribution in [3.05, 3.63) is 36.5 Å². The summed E-state index contributed by atoms with van der Waals surface area (Å²) in [4.78, 5) is 26.8. The highest BCUT2D eigenvalue weighted by Gasteiger charge is 2.31. The van der Waals surface area contributed by atoms with Crippen LogP contribution < -0.4 is 5.32 Å². The molecule has 0 bridgehead atoms. The molecule has 1 aliphatic heterocycles. The van der Waals surface area contributed by atoms with Crippen molar-refractivity contribution in [2.24, 2.45) is 5.92 Å². The first-order valence-corrected chi connectivity index (χ1v) is 8.83. The molecule has 2 aromatic rings. The number of amides is 2. The van der Waals surface area contributed by atoms with Gasteiger partial charge in [0.15, 0.2) is 0 Å². The van der Waals surface area contributed by atoms with Gasteiger partial charge in [0.25, 0.3) is 0 Å². The summed E-state index contributed by atoms with van der Waals surface area (Å²) in [5.74, 6) is 0.173. The number of nitrogens with zero attached hydrogens (tertiary/aromatic N) is 2. The maximum absolute atomic E-state index is 12.7. The molecule has 2 amide bonds. The smallest absolute Gasteiger partial charge is 0.242 e. The van der Waals surface area contributed by atoms with Crippen molar-refractivity contribution in [1.29, 1.82) is 0 Å². The Balaban J connectivity index is 1.41. The first-order valence-electron chi connectivity index (χ1n) is 8.83. The van der Waals surface area contributed by atoms with E-state index in [1.807, 2.05) is 39.9 Å². The fourth-order valence-electron chi connectivity index (χ4n) is 3.49. The van der Waals surface area contributed by atoms with Crippen molar-refractivity contribution in [2.75, 3.05) is 13.1 Å². The van der Waals surface area contributed by atoms with Gasteiger partial charge in [0.2, 0.25) is 11.8 Å². The van der Waals surface area contributed by atoms with Gasteiger partial charge in [-0.1, -0.05) is 18.2 Å². The number of hydrogen-bond acceptors (Lipinski definition) is 2. The van der Waals surface area contributed by atoms with Gasteiger partial charge in [-0.05, 0) is 43.2 Å². The van der Waals surface area contributed by atoms with Crippen LogP contribution in [0.15, 0.2) is 36.5 Å². The second kappa shape index (κ2) is 6.30. The third-order valence-corrected chi connectivity index (χ3v) is 5.05. The van der Waals surface area contributed by atoms with Crippen LogP contribution in [0, 0.1) is 5.92 Å². The molecule has 5 heteroatoms. The maximum atomic E-state index is 12.7. The average Bonchev–Trinajstić information content (AvgIpc) is 3.34. The van der Waals surface area contributed by atoms with Crippen LogP contribution in [-0.4, -0.2) is 40.4 Å². The van der Waals surface area contributed by atoms with Gasteiger partial charge in [0, 0.05) is 30.8 Å². The van der Waals surface area contributed by atoms with Crippen LogP contribution >= 0.6 is 0 Å². The van der Waals surface area contributed by atoms with Gasteiger partial charge in [-0.2, -0.15) is 0 Å².